The molecule has 0 saturated carbocycles. The van der Waals surface area contributed by atoms with Crippen molar-refractivity contribution < 1.29 is 22.7 Å². The van der Waals surface area contributed by atoms with E-state index in [0.717, 1.165) is 12.0 Å². The van der Waals surface area contributed by atoms with E-state index in [9.17, 15) is 18.3 Å². The van der Waals surface area contributed by atoms with Gasteiger partial charge in [0, 0.05) is 21.7 Å². The van der Waals surface area contributed by atoms with Gasteiger partial charge in [-0.15, -0.1) is 0 Å². The van der Waals surface area contributed by atoms with Gasteiger partial charge in [-0.3, -0.25) is 4.72 Å². The number of nitrogens with one attached hydrogen (secondary N) is 1. The van der Waals surface area contributed by atoms with Crippen LogP contribution in [0.25, 0.3) is 21.7 Å². The summed E-state index contributed by atoms with van der Waals surface area (Å²) < 4.78 is 34.2. The third-order valence-electron chi connectivity index (χ3n) is 4.96. The highest BCUT2D eigenvalue weighted by Gasteiger charge is 2.20. The van der Waals surface area contributed by atoms with Crippen LogP contribution >= 0.6 is 0 Å². The zero-order valence-corrected chi connectivity index (χ0v) is 16.7. The number of carboxylic acids is 1. The van der Waals surface area contributed by atoms with E-state index in [4.69, 9.17) is 4.42 Å². The number of carbonyl (C=O) groups is 1. The average Bonchev–Trinajstić information content (AvgIpc) is 3.04. The second-order valence-corrected chi connectivity index (χ2v) is 8.45. The summed E-state index contributed by atoms with van der Waals surface area (Å²) in [6.45, 7) is 3.53. The van der Waals surface area contributed by atoms with Crippen LogP contribution in [0.2, 0.25) is 0 Å². The summed E-state index contributed by atoms with van der Waals surface area (Å²) in [6.07, 6.45) is 0.806. The molecule has 0 spiro atoms. The van der Waals surface area contributed by atoms with Gasteiger partial charge in [0.2, 0.25) is 0 Å². The molecule has 0 amide bonds. The van der Waals surface area contributed by atoms with Gasteiger partial charge in [-0.1, -0.05) is 43.3 Å². The summed E-state index contributed by atoms with van der Waals surface area (Å²) in [4.78, 5) is 11.7. The maximum atomic E-state index is 12.9. The fourth-order valence-corrected chi connectivity index (χ4v) is 4.55. The number of aromatic carboxylic acids is 1. The van der Waals surface area contributed by atoms with Crippen LogP contribution < -0.4 is 9.83 Å². The lowest BCUT2D eigenvalue weighted by molar-refractivity contribution is -0.254. The van der Waals surface area contributed by atoms with Gasteiger partial charge in [0.1, 0.15) is 11.3 Å². The molecule has 4 aromatic rings. The van der Waals surface area contributed by atoms with Crippen LogP contribution in [0.5, 0.6) is 0 Å². The Morgan fingerprint density at radius 1 is 1.03 bits per heavy atom. The molecule has 6 nitrogen and oxygen atoms in total. The number of aryl methyl sites for hydroxylation is 2. The lowest BCUT2D eigenvalue weighted by atomic mass is 10.0. The highest BCUT2D eigenvalue weighted by atomic mass is 32.2. The molecular weight excluding hydrogens is 390 g/mol. The number of fused-ring (bicyclic) bond motifs is 3. The normalized spacial score (nSPS) is 11.8. The van der Waals surface area contributed by atoms with Crippen LogP contribution in [0.4, 0.5) is 5.69 Å². The Labute approximate surface area is 167 Å². The molecule has 0 atom stereocenters. The third-order valence-corrected chi connectivity index (χ3v) is 6.34. The number of benzene rings is 3. The minimum atomic E-state index is -3.87. The van der Waals surface area contributed by atoms with Crippen LogP contribution in [0, 0.1) is 6.92 Å². The van der Waals surface area contributed by atoms with Gasteiger partial charge in [0.15, 0.2) is 0 Å². The molecule has 0 aliphatic heterocycles. The van der Waals surface area contributed by atoms with Gasteiger partial charge in [-0.2, -0.15) is 0 Å². The van der Waals surface area contributed by atoms with Gasteiger partial charge in [0.25, 0.3) is 10.0 Å². The quantitative estimate of drug-likeness (QED) is 0.544. The number of rotatable bonds is 5. The van der Waals surface area contributed by atoms with Crippen molar-refractivity contribution in [3.63, 3.8) is 0 Å². The van der Waals surface area contributed by atoms with Crippen molar-refractivity contribution in [3.8, 4) is 0 Å². The molecule has 1 heterocycles. The van der Waals surface area contributed by atoms with Crippen molar-refractivity contribution in [1.29, 1.82) is 0 Å². The Bertz CT molecular complexity index is 1350. The summed E-state index contributed by atoms with van der Waals surface area (Å²) in [7, 11) is -3.87. The molecule has 0 fully saturated rings. The Morgan fingerprint density at radius 3 is 2.31 bits per heavy atom. The van der Waals surface area contributed by atoms with E-state index < -0.39 is 16.0 Å². The van der Waals surface area contributed by atoms with Gasteiger partial charge < -0.3 is 14.3 Å². The second kappa shape index (κ2) is 6.93. The van der Waals surface area contributed by atoms with Gasteiger partial charge in [0.05, 0.1) is 16.6 Å². The first kappa shape index (κ1) is 19.0. The molecular formula is C22H18NO5S-. The van der Waals surface area contributed by atoms with Crippen LogP contribution in [0.15, 0.2) is 63.9 Å². The molecule has 0 aliphatic rings. The fraction of sp³-hybridized carbons (Fsp3) is 0.136. The smallest absolute Gasteiger partial charge is 0.261 e. The number of hydrogen-bond donors (Lipinski definition) is 1. The standard InChI is InChI=1S/C22H19NO5S/c1-3-14-8-10-15(11-9-14)29(26,27)23-19-12-18-20(22(24)25)13(2)28-21(18)17-7-5-4-6-16(17)19/h4-12,23H,3H2,1-2H3,(H,24,25)/p-1. The number of anilines is 1. The van der Waals surface area contributed by atoms with Gasteiger partial charge in [-0.05, 0) is 37.1 Å². The predicted molar refractivity (Wildman–Crippen MR) is 109 cm³/mol. The lowest BCUT2D eigenvalue weighted by Crippen LogP contribution is -2.22. The van der Waals surface area contributed by atoms with E-state index in [-0.39, 0.29) is 21.9 Å². The van der Waals surface area contributed by atoms with Crippen molar-refractivity contribution in [2.24, 2.45) is 0 Å². The molecule has 0 radical (unpaired) electrons. The van der Waals surface area contributed by atoms with Gasteiger partial charge in [-0.25, -0.2) is 8.42 Å². The summed E-state index contributed by atoms with van der Waals surface area (Å²) in [5, 5.41) is 13.1. The van der Waals surface area contributed by atoms with E-state index in [2.05, 4.69) is 4.72 Å². The van der Waals surface area contributed by atoms with Crippen molar-refractivity contribution >= 4 is 43.4 Å². The number of carbonyl (C=O) groups excluding carboxylic acids is 1. The zero-order chi connectivity index (χ0) is 20.8. The summed E-state index contributed by atoms with van der Waals surface area (Å²) in [5.74, 6) is -1.17. The maximum absolute atomic E-state index is 12.9. The first-order valence-corrected chi connectivity index (χ1v) is 10.6. The van der Waals surface area contributed by atoms with E-state index in [0.29, 0.717) is 21.7 Å². The van der Waals surface area contributed by atoms with Crippen LogP contribution in [-0.4, -0.2) is 14.4 Å². The van der Waals surface area contributed by atoms with Crippen molar-refractivity contribution in [3.05, 3.63) is 71.5 Å². The van der Waals surface area contributed by atoms with E-state index in [1.165, 1.54) is 6.07 Å². The molecule has 0 unspecified atom stereocenters. The number of carboxylic acid groups (broad SMARTS) is 1. The molecule has 0 saturated heterocycles. The molecule has 148 valence electrons. The molecule has 7 heteroatoms. The minimum Gasteiger partial charge on any atom is -0.545 e. The van der Waals surface area contributed by atoms with Crippen molar-refractivity contribution in [2.75, 3.05) is 4.72 Å². The van der Waals surface area contributed by atoms with E-state index in [1.54, 1.807) is 55.5 Å². The minimum absolute atomic E-state index is 0.0847. The summed E-state index contributed by atoms with van der Waals surface area (Å²) in [5.41, 5.74) is 1.60. The SMILES string of the molecule is CCc1ccc(S(=O)(=O)Nc2cc3c(C(=O)[O-])c(C)oc3c3ccccc23)cc1. The molecule has 0 bridgehead atoms. The highest BCUT2D eigenvalue weighted by Crippen LogP contribution is 2.37. The van der Waals surface area contributed by atoms with Gasteiger partial charge >= 0.3 is 0 Å². The summed E-state index contributed by atoms with van der Waals surface area (Å²) >= 11 is 0. The third kappa shape index (κ3) is 3.23. The first-order chi connectivity index (χ1) is 13.8. The number of sulfonamides is 1. The van der Waals surface area contributed by atoms with Crippen molar-refractivity contribution in [2.45, 2.75) is 25.2 Å². The van der Waals surface area contributed by atoms with Crippen molar-refractivity contribution in [1.82, 2.24) is 0 Å². The first-order valence-electron chi connectivity index (χ1n) is 9.09. The Hall–Kier alpha value is -3.32. The molecule has 3 aromatic carbocycles. The summed E-state index contributed by atoms with van der Waals surface area (Å²) in [6, 6.07) is 15.2. The molecule has 1 aromatic heterocycles. The van der Waals surface area contributed by atoms with Crippen LogP contribution in [-0.2, 0) is 16.4 Å². The average molecular weight is 408 g/mol. The van der Waals surface area contributed by atoms with E-state index >= 15 is 0 Å². The molecule has 1 N–H and O–H groups in total. The molecule has 4 rings (SSSR count). The molecule has 29 heavy (non-hydrogen) atoms. The Morgan fingerprint density at radius 2 is 1.69 bits per heavy atom. The van der Waals surface area contributed by atoms with Crippen LogP contribution in [0.1, 0.15) is 28.6 Å². The topological polar surface area (TPSA) is 99.4 Å². The highest BCUT2D eigenvalue weighted by molar-refractivity contribution is 7.92. The monoisotopic (exact) mass is 408 g/mol. The Kier molecular flexibility index (Phi) is 4.55. The van der Waals surface area contributed by atoms with Crippen LogP contribution in [0.3, 0.4) is 0 Å². The predicted octanol–water partition coefficient (Wildman–Crippen LogP) is 3.62. The van der Waals surface area contributed by atoms with E-state index in [1.807, 2.05) is 6.92 Å². The molecule has 0 aliphatic carbocycles. The lowest BCUT2D eigenvalue weighted by Gasteiger charge is -2.12. The Balaban J connectivity index is 1.92. The second-order valence-electron chi connectivity index (χ2n) is 6.77. The fourth-order valence-electron chi connectivity index (χ4n) is 3.48. The number of hydrogen-bond acceptors (Lipinski definition) is 5. The largest absolute Gasteiger partial charge is 0.545 e. The maximum Gasteiger partial charge on any atom is 0.261 e. The zero-order valence-electron chi connectivity index (χ0n) is 15.9. The number of furan rings is 1.